The van der Waals surface area contributed by atoms with E-state index in [-0.39, 0.29) is 4.90 Å². The predicted molar refractivity (Wildman–Crippen MR) is 104 cm³/mol. The van der Waals surface area contributed by atoms with E-state index < -0.39 is 18.1 Å². The summed E-state index contributed by atoms with van der Waals surface area (Å²) >= 11 is 0. The SMILES string of the molecule is Cc1ccc(S(=O)(=O)n2c(C#C[Si](C)(C)C)cc3cccnc32)cc1. The van der Waals surface area contributed by atoms with Crippen LogP contribution in [-0.4, -0.2) is 25.4 Å². The van der Waals surface area contributed by atoms with Gasteiger partial charge in [0.2, 0.25) is 0 Å². The van der Waals surface area contributed by atoms with Gasteiger partial charge in [0, 0.05) is 11.6 Å². The molecule has 0 saturated heterocycles. The minimum Gasteiger partial charge on any atom is -0.237 e. The molecular formula is C19H20N2O2SSi. The average molecular weight is 369 g/mol. The fourth-order valence-electron chi connectivity index (χ4n) is 2.41. The molecule has 6 heteroatoms. The van der Waals surface area contributed by atoms with Gasteiger partial charge in [-0.15, -0.1) is 5.54 Å². The highest BCUT2D eigenvalue weighted by atomic mass is 32.2. The van der Waals surface area contributed by atoms with Crippen LogP contribution in [0.1, 0.15) is 11.3 Å². The molecule has 0 radical (unpaired) electrons. The smallest absolute Gasteiger partial charge is 0.237 e. The van der Waals surface area contributed by atoms with Gasteiger partial charge in [0.25, 0.3) is 10.0 Å². The summed E-state index contributed by atoms with van der Waals surface area (Å²) in [7, 11) is -5.42. The third-order valence-corrected chi connectivity index (χ3v) is 6.24. The van der Waals surface area contributed by atoms with Crippen molar-refractivity contribution in [3.8, 4) is 11.5 Å². The van der Waals surface area contributed by atoms with Crippen LogP contribution in [0.25, 0.3) is 11.0 Å². The molecule has 128 valence electrons. The van der Waals surface area contributed by atoms with Crippen LogP contribution >= 0.6 is 0 Å². The van der Waals surface area contributed by atoms with Crippen molar-refractivity contribution in [2.75, 3.05) is 0 Å². The van der Waals surface area contributed by atoms with Crippen molar-refractivity contribution in [1.82, 2.24) is 8.96 Å². The number of nitrogens with zero attached hydrogens (tertiary/aromatic N) is 2. The van der Waals surface area contributed by atoms with E-state index in [0.717, 1.165) is 10.9 Å². The van der Waals surface area contributed by atoms with Gasteiger partial charge < -0.3 is 0 Å². The highest BCUT2D eigenvalue weighted by Crippen LogP contribution is 2.24. The van der Waals surface area contributed by atoms with Crippen LogP contribution in [0.2, 0.25) is 19.6 Å². The molecule has 0 bridgehead atoms. The summed E-state index contributed by atoms with van der Waals surface area (Å²) in [6.07, 6.45) is 1.60. The lowest BCUT2D eigenvalue weighted by molar-refractivity contribution is 0.588. The molecule has 0 aliphatic heterocycles. The lowest BCUT2D eigenvalue weighted by Gasteiger charge is -2.09. The van der Waals surface area contributed by atoms with E-state index in [1.54, 1.807) is 42.6 Å². The number of benzene rings is 1. The van der Waals surface area contributed by atoms with Crippen LogP contribution in [0, 0.1) is 18.4 Å². The summed E-state index contributed by atoms with van der Waals surface area (Å²) in [6.45, 7) is 8.30. The Hall–Kier alpha value is -2.36. The zero-order valence-corrected chi connectivity index (χ0v) is 16.6. The lowest BCUT2D eigenvalue weighted by Crippen LogP contribution is -2.18. The maximum Gasteiger partial charge on any atom is 0.270 e. The molecule has 0 fully saturated rings. The van der Waals surface area contributed by atoms with Gasteiger partial charge in [-0.05, 0) is 37.3 Å². The molecule has 0 aliphatic carbocycles. The van der Waals surface area contributed by atoms with E-state index in [0.29, 0.717) is 11.3 Å². The summed E-state index contributed by atoms with van der Waals surface area (Å²) in [6, 6.07) is 12.3. The number of pyridine rings is 1. The summed E-state index contributed by atoms with van der Waals surface area (Å²) < 4.78 is 27.7. The Balaban J connectivity index is 2.29. The van der Waals surface area contributed by atoms with Crippen molar-refractivity contribution in [3.63, 3.8) is 0 Å². The Bertz CT molecular complexity index is 1100. The number of fused-ring (bicyclic) bond motifs is 1. The number of hydrogen-bond acceptors (Lipinski definition) is 3. The minimum atomic E-state index is -3.77. The van der Waals surface area contributed by atoms with Crippen molar-refractivity contribution in [3.05, 3.63) is 59.9 Å². The van der Waals surface area contributed by atoms with Gasteiger partial charge in [-0.1, -0.05) is 43.3 Å². The fourth-order valence-corrected chi connectivity index (χ4v) is 4.34. The fraction of sp³-hybridized carbons (Fsp3) is 0.211. The van der Waals surface area contributed by atoms with E-state index in [1.807, 2.05) is 13.0 Å². The second-order valence-corrected chi connectivity index (χ2v) is 13.6. The van der Waals surface area contributed by atoms with E-state index in [4.69, 9.17) is 0 Å². The number of aromatic nitrogens is 2. The second kappa shape index (κ2) is 6.17. The monoisotopic (exact) mass is 368 g/mol. The molecule has 3 rings (SSSR count). The Morgan fingerprint density at radius 3 is 2.40 bits per heavy atom. The average Bonchev–Trinajstić information content (AvgIpc) is 2.92. The molecule has 25 heavy (non-hydrogen) atoms. The zero-order chi connectivity index (χ0) is 18.2. The molecule has 4 nitrogen and oxygen atoms in total. The number of rotatable bonds is 2. The van der Waals surface area contributed by atoms with Crippen LogP contribution < -0.4 is 0 Å². The Morgan fingerprint density at radius 2 is 1.76 bits per heavy atom. The maximum atomic E-state index is 13.2. The van der Waals surface area contributed by atoms with Crippen molar-refractivity contribution < 1.29 is 8.42 Å². The molecule has 1 aromatic carbocycles. The highest BCUT2D eigenvalue weighted by Gasteiger charge is 2.23. The molecule has 3 aromatic rings. The topological polar surface area (TPSA) is 52.0 Å². The first-order valence-corrected chi connectivity index (χ1v) is 12.9. The van der Waals surface area contributed by atoms with Crippen LogP contribution in [0.15, 0.2) is 53.6 Å². The van der Waals surface area contributed by atoms with Gasteiger partial charge in [0.15, 0.2) is 5.65 Å². The van der Waals surface area contributed by atoms with Crippen molar-refractivity contribution in [2.45, 2.75) is 31.5 Å². The van der Waals surface area contributed by atoms with E-state index >= 15 is 0 Å². The molecule has 0 N–H and O–H groups in total. The number of aryl methyl sites for hydroxylation is 1. The largest absolute Gasteiger partial charge is 0.270 e. The third kappa shape index (κ3) is 3.53. The van der Waals surface area contributed by atoms with Gasteiger partial charge in [-0.25, -0.2) is 17.4 Å². The van der Waals surface area contributed by atoms with Gasteiger partial charge in [0.05, 0.1) is 4.90 Å². The van der Waals surface area contributed by atoms with Crippen LogP contribution in [-0.2, 0) is 10.0 Å². The first-order valence-electron chi connectivity index (χ1n) is 8.00. The highest BCUT2D eigenvalue weighted by molar-refractivity contribution is 7.90. The maximum absolute atomic E-state index is 13.2. The predicted octanol–water partition coefficient (Wildman–Crippen LogP) is 3.81. The molecule has 2 aromatic heterocycles. The molecule has 0 spiro atoms. The van der Waals surface area contributed by atoms with Gasteiger partial charge in [-0.3, -0.25) is 0 Å². The summed E-state index contributed by atoms with van der Waals surface area (Å²) in [5.74, 6) is 3.09. The molecule has 2 heterocycles. The van der Waals surface area contributed by atoms with Crippen molar-refractivity contribution in [1.29, 1.82) is 0 Å². The van der Waals surface area contributed by atoms with E-state index in [9.17, 15) is 8.42 Å². The second-order valence-electron chi connectivity index (χ2n) is 7.03. The lowest BCUT2D eigenvalue weighted by atomic mass is 10.2. The normalized spacial score (nSPS) is 12.0. The van der Waals surface area contributed by atoms with Crippen LogP contribution in [0.4, 0.5) is 0 Å². The molecule has 0 unspecified atom stereocenters. The Labute approximate surface area is 149 Å². The van der Waals surface area contributed by atoms with Crippen LogP contribution in [0.3, 0.4) is 0 Å². The Morgan fingerprint density at radius 1 is 1.08 bits per heavy atom. The van der Waals surface area contributed by atoms with Crippen LogP contribution in [0.5, 0.6) is 0 Å². The molecule has 0 amide bonds. The zero-order valence-electron chi connectivity index (χ0n) is 14.7. The summed E-state index contributed by atoms with van der Waals surface area (Å²) in [4.78, 5) is 4.52. The minimum absolute atomic E-state index is 0.234. The summed E-state index contributed by atoms with van der Waals surface area (Å²) in [5, 5.41) is 0.762. The third-order valence-electron chi connectivity index (χ3n) is 3.65. The van der Waals surface area contributed by atoms with E-state index in [2.05, 4.69) is 36.1 Å². The van der Waals surface area contributed by atoms with E-state index in [1.165, 1.54) is 3.97 Å². The molecular weight excluding hydrogens is 348 g/mol. The summed E-state index contributed by atoms with van der Waals surface area (Å²) in [5.41, 5.74) is 5.12. The first kappa shape index (κ1) is 17.5. The van der Waals surface area contributed by atoms with Gasteiger partial charge >= 0.3 is 0 Å². The van der Waals surface area contributed by atoms with Crippen molar-refractivity contribution >= 4 is 29.1 Å². The van der Waals surface area contributed by atoms with Crippen molar-refractivity contribution in [2.24, 2.45) is 0 Å². The quantitative estimate of drug-likeness (QED) is 0.510. The molecule has 0 saturated carbocycles. The Kier molecular flexibility index (Phi) is 4.31. The standard InChI is InChI=1S/C19H20N2O2SSi/c1-15-7-9-18(10-8-15)24(22,23)21-17(11-13-25(2,3)4)14-16-6-5-12-20-19(16)21/h5-10,12,14H,1-4H3. The number of hydrogen-bond donors (Lipinski definition) is 0. The first-order chi connectivity index (χ1) is 11.7. The molecule has 0 aliphatic rings. The molecule has 0 atom stereocenters. The van der Waals surface area contributed by atoms with Gasteiger partial charge in [0.1, 0.15) is 13.8 Å². The van der Waals surface area contributed by atoms with Gasteiger partial charge in [-0.2, -0.15) is 0 Å².